The molecular formula is C22H30N4O. The first-order valence-corrected chi connectivity index (χ1v) is 9.67. The fraction of sp³-hybridized carbons (Fsp3) is 0.500. The van der Waals surface area contributed by atoms with Crippen molar-refractivity contribution >= 4 is 12.6 Å². The molecule has 1 aromatic heterocycles. The molecule has 1 atom stereocenters. The summed E-state index contributed by atoms with van der Waals surface area (Å²) in [5.41, 5.74) is 3.99. The number of pyridine rings is 1. The van der Waals surface area contributed by atoms with Crippen molar-refractivity contribution in [3.05, 3.63) is 52.6 Å². The van der Waals surface area contributed by atoms with Crippen LogP contribution in [0.3, 0.4) is 0 Å². The van der Waals surface area contributed by atoms with Crippen molar-refractivity contribution in [2.45, 2.75) is 58.4 Å². The van der Waals surface area contributed by atoms with Crippen LogP contribution < -0.4 is 5.32 Å². The Kier molecular flexibility index (Phi) is 5.49. The highest BCUT2D eigenvalue weighted by atomic mass is 16.2. The van der Waals surface area contributed by atoms with E-state index in [9.17, 15) is 4.79 Å². The van der Waals surface area contributed by atoms with Crippen molar-refractivity contribution in [3.63, 3.8) is 0 Å². The molecule has 27 heavy (non-hydrogen) atoms. The first-order chi connectivity index (χ1) is 12.8. The Hall–Kier alpha value is -2.43. The Morgan fingerprint density at radius 3 is 2.52 bits per heavy atom. The Bertz CT molecular complexity index is 786. The molecule has 2 fully saturated rings. The highest BCUT2D eigenvalue weighted by Gasteiger charge is 2.38. The van der Waals surface area contributed by atoms with E-state index in [1.54, 1.807) is 0 Å². The van der Waals surface area contributed by atoms with Crippen LogP contribution in [0.5, 0.6) is 0 Å². The maximum atomic E-state index is 13.3. The van der Waals surface area contributed by atoms with Gasteiger partial charge in [0.05, 0.1) is 0 Å². The minimum absolute atomic E-state index is 0.0907. The average molecular weight is 367 g/mol. The molecule has 0 aromatic carbocycles. The van der Waals surface area contributed by atoms with Crippen LogP contribution in [0, 0.1) is 0 Å². The molecule has 0 spiro atoms. The third-order valence-corrected chi connectivity index (χ3v) is 5.68. The summed E-state index contributed by atoms with van der Waals surface area (Å²) in [5.74, 6) is 1.19. The molecule has 2 aliphatic rings. The molecule has 1 saturated carbocycles. The Labute approximate surface area is 162 Å². The molecule has 3 rings (SSSR count). The van der Waals surface area contributed by atoms with E-state index in [-0.39, 0.29) is 11.4 Å². The van der Waals surface area contributed by atoms with E-state index in [4.69, 9.17) is 0 Å². The smallest absolute Gasteiger partial charge is 0.254 e. The predicted octanol–water partition coefficient (Wildman–Crippen LogP) is 3.81. The molecular weight excluding hydrogens is 336 g/mol. The molecule has 144 valence electrons. The molecule has 2 heterocycles. The number of aliphatic imine (C=N–C) groups is 1. The summed E-state index contributed by atoms with van der Waals surface area (Å²) in [7, 11) is 0. The molecule has 1 saturated heterocycles. The molecule has 1 aliphatic heterocycles. The van der Waals surface area contributed by atoms with E-state index >= 15 is 0 Å². The molecule has 0 radical (unpaired) electrons. The van der Waals surface area contributed by atoms with Gasteiger partial charge in [0.25, 0.3) is 5.91 Å². The lowest BCUT2D eigenvalue weighted by Crippen LogP contribution is -2.32. The van der Waals surface area contributed by atoms with Gasteiger partial charge in [-0.1, -0.05) is 5.57 Å². The SMILES string of the molecule is C=N/C(NC1(C)CC1)=C(\C)C(C(=O)N1CCC(c2ccncc2)C1)=C(C)C. The molecule has 5 nitrogen and oxygen atoms in total. The van der Waals surface area contributed by atoms with Gasteiger partial charge in [0.15, 0.2) is 0 Å². The van der Waals surface area contributed by atoms with E-state index in [1.807, 2.05) is 50.2 Å². The quantitative estimate of drug-likeness (QED) is 0.473. The van der Waals surface area contributed by atoms with E-state index in [0.29, 0.717) is 5.92 Å². The standard InChI is InChI=1S/C22H30N4O/c1-15(2)19(16(3)20(23-5)25-22(4)9-10-22)21(27)26-13-8-18(14-26)17-6-11-24-12-7-17/h6-7,11-12,18,25H,5,8-10,13-14H2,1-4H3/b20-16-. The minimum Gasteiger partial charge on any atom is -0.365 e. The number of allylic oxidation sites excluding steroid dienone is 1. The van der Waals surface area contributed by atoms with Crippen molar-refractivity contribution < 1.29 is 4.79 Å². The number of carbonyl (C=O) groups excluding carboxylic acids is 1. The van der Waals surface area contributed by atoms with E-state index in [2.05, 4.69) is 28.9 Å². The Morgan fingerprint density at radius 1 is 1.30 bits per heavy atom. The fourth-order valence-electron chi connectivity index (χ4n) is 3.73. The molecule has 1 aliphatic carbocycles. The van der Waals surface area contributed by atoms with Gasteiger partial charge in [-0.3, -0.25) is 9.78 Å². The van der Waals surface area contributed by atoms with Gasteiger partial charge in [-0.25, -0.2) is 4.99 Å². The van der Waals surface area contributed by atoms with Gasteiger partial charge in [0.2, 0.25) is 0 Å². The summed E-state index contributed by atoms with van der Waals surface area (Å²) in [6, 6.07) is 4.09. The van der Waals surface area contributed by atoms with Gasteiger partial charge in [-0.15, -0.1) is 0 Å². The maximum absolute atomic E-state index is 13.3. The van der Waals surface area contributed by atoms with Crippen LogP contribution in [-0.4, -0.2) is 41.1 Å². The minimum atomic E-state index is 0.0907. The molecule has 1 amide bonds. The lowest BCUT2D eigenvalue weighted by atomic mass is 9.99. The first kappa shape index (κ1) is 19.3. The summed E-state index contributed by atoms with van der Waals surface area (Å²) in [6.07, 6.45) is 6.87. The van der Waals surface area contributed by atoms with Gasteiger partial charge in [0, 0.05) is 48.1 Å². The van der Waals surface area contributed by atoms with Crippen molar-refractivity contribution in [1.29, 1.82) is 0 Å². The van der Waals surface area contributed by atoms with Crippen LogP contribution in [-0.2, 0) is 4.79 Å². The highest BCUT2D eigenvalue weighted by molar-refractivity contribution is 5.98. The predicted molar refractivity (Wildman–Crippen MR) is 110 cm³/mol. The molecule has 1 unspecified atom stereocenters. The lowest BCUT2D eigenvalue weighted by Gasteiger charge is -2.23. The number of aromatic nitrogens is 1. The molecule has 1 aromatic rings. The summed E-state index contributed by atoms with van der Waals surface area (Å²) in [5, 5.41) is 3.47. The van der Waals surface area contributed by atoms with Gasteiger partial charge >= 0.3 is 0 Å². The van der Waals surface area contributed by atoms with Crippen molar-refractivity contribution in [1.82, 2.24) is 15.2 Å². The second-order valence-corrected chi connectivity index (χ2v) is 8.21. The van der Waals surface area contributed by atoms with Crippen molar-refractivity contribution in [3.8, 4) is 0 Å². The number of hydrogen-bond acceptors (Lipinski definition) is 4. The third-order valence-electron chi connectivity index (χ3n) is 5.68. The number of likely N-dealkylation sites (tertiary alicyclic amines) is 1. The molecule has 1 N–H and O–H groups in total. The van der Waals surface area contributed by atoms with Crippen LogP contribution >= 0.6 is 0 Å². The van der Waals surface area contributed by atoms with Gasteiger partial charge in [-0.2, -0.15) is 0 Å². The van der Waals surface area contributed by atoms with Crippen LogP contribution in [0.2, 0.25) is 0 Å². The van der Waals surface area contributed by atoms with Gasteiger partial charge in [0.1, 0.15) is 5.82 Å². The Morgan fingerprint density at radius 2 is 1.96 bits per heavy atom. The topological polar surface area (TPSA) is 57.6 Å². The lowest BCUT2D eigenvalue weighted by molar-refractivity contribution is -0.125. The second-order valence-electron chi connectivity index (χ2n) is 8.21. The third kappa shape index (κ3) is 4.29. The van der Waals surface area contributed by atoms with E-state index < -0.39 is 0 Å². The summed E-state index contributed by atoms with van der Waals surface area (Å²) in [4.78, 5) is 23.6. The number of hydrogen-bond donors (Lipinski definition) is 1. The zero-order valence-corrected chi connectivity index (χ0v) is 16.9. The summed E-state index contributed by atoms with van der Waals surface area (Å²) in [6.45, 7) is 13.4. The van der Waals surface area contributed by atoms with E-state index in [1.165, 1.54) is 5.56 Å². The number of rotatable bonds is 6. The monoisotopic (exact) mass is 366 g/mol. The maximum Gasteiger partial charge on any atom is 0.254 e. The number of nitrogens with one attached hydrogen (secondary N) is 1. The number of carbonyl (C=O) groups is 1. The fourth-order valence-corrected chi connectivity index (χ4v) is 3.73. The number of nitrogens with zero attached hydrogens (tertiary/aromatic N) is 3. The summed E-state index contributed by atoms with van der Waals surface area (Å²) < 4.78 is 0. The normalized spacial score (nSPS) is 21.3. The van der Waals surface area contributed by atoms with Gasteiger partial charge in [-0.05, 0) is 71.4 Å². The van der Waals surface area contributed by atoms with Crippen LogP contribution in [0.1, 0.15) is 58.4 Å². The number of amides is 1. The zero-order chi connectivity index (χ0) is 19.6. The van der Waals surface area contributed by atoms with Gasteiger partial charge < -0.3 is 10.2 Å². The molecule has 5 heteroatoms. The highest BCUT2D eigenvalue weighted by Crippen LogP contribution is 2.36. The second kappa shape index (κ2) is 7.67. The first-order valence-electron chi connectivity index (χ1n) is 9.67. The Balaban J connectivity index is 1.80. The van der Waals surface area contributed by atoms with Crippen LogP contribution in [0.25, 0.3) is 0 Å². The van der Waals surface area contributed by atoms with Crippen LogP contribution in [0.15, 0.2) is 52.1 Å². The average Bonchev–Trinajstić information content (AvgIpc) is 3.18. The largest absolute Gasteiger partial charge is 0.365 e. The van der Waals surface area contributed by atoms with E-state index in [0.717, 1.165) is 54.9 Å². The van der Waals surface area contributed by atoms with Crippen molar-refractivity contribution in [2.75, 3.05) is 13.1 Å². The zero-order valence-electron chi connectivity index (χ0n) is 16.9. The van der Waals surface area contributed by atoms with Crippen LogP contribution in [0.4, 0.5) is 0 Å². The molecule has 0 bridgehead atoms. The summed E-state index contributed by atoms with van der Waals surface area (Å²) >= 11 is 0. The van der Waals surface area contributed by atoms with Crippen molar-refractivity contribution in [2.24, 2.45) is 4.99 Å².